The fraction of sp³-hybridized carbons (Fsp3) is 0.375. The second kappa shape index (κ2) is 6.44. The normalized spacial score (nSPS) is 12.4. The molecule has 0 radical (unpaired) electrons. The van der Waals surface area contributed by atoms with Crippen LogP contribution in [0.3, 0.4) is 0 Å². The van der Waals surface area contributed by atoms with Gasteiger partial charge in [-0.25, -0.2) is 4.79 Å². The van der Waals surface area contributed by atoms with Gasteiger partial charge in [-0.2, -0.15) is 0 Å². The Morgan fingerprint density at radius 2 is 1.68 bits per heavy atom. The molecule has 5 nitrogen and oxygen atoms in total. The van der Waals surface area contributed by atoms with Crippen LogP contribution in [0.4, 0.5) is 0 Å². The van der Waals surface area contributed by atoms with Gasteiger partial charge in [0.1, 0.15) is 0 Å². The minimum Gasteiger partial charge on any atom is -0.300 e. The van der Waals surface area contributed by atoms with Crippen molar-refractivity contribution in [1.82, 2.24) is 9.13 Å². The maximum atomic E-state index is 12.4. The fourth-order valence-electron chi connectivity index (χ4n) is 2.26. The molecule has 1 atom stereocenters. The molecule has 2 aromatic rings. The van der Waals surface area contributed by atoms with Gasteiger partial charge in [-0.05, 0) is 25.0 Å². The largest absolute Gasteiger partial charge is 0.330 e. The van der Waals surface area contributed by atoms with Crippen LogP contribution in [0.1, 0.15) is 22.4 Å². The van der Waals surface area contributed by atoms with Gasteiger partial charge in [-0.15, -0.1) is 0 Å². The summed E-state index contributed by atoms with van der Waals surface area (Å²) >= 11 is 0. The zero-order valence-electron chi connectivity index (χ0n) is 13.3. The summed E-state index contributed by atoms with van der Waals surface area (Å²) in [7, 11) is 1.84. The van der Waals surface area contributed by atoms with Crippen molar-refractivity contribution in [3.05, 3.63) is 67.5 Å². The van der Waals surface area contributed by atoms with Gasteiger partial charge in [0.05, 0.1) is 5.75 Å². The van der Waals surface area contributed by atoms with Crippen LogP contribution in [0, 0.1) is 13.8 Å². The Morgan fingerprint density at radius 1 is 1.00 bits per heavy atom. The Balaban J connectivity index is 2.25. The minimum atomic E-state index is -1.18. The third kappa shape index (κ3) is 3.44. The van der Waals surface area contributed by atoms with Crippen molar-refractivity contribution in [3.8, 4) is 0 Å². The summed E-state index contributed by atoms with van der Waals surface area (Å²) in [5.74, 6) is 0.603. The Morgan fingerprint density at radius 3 is 2.36 bits per heavy atom. The summed E-state index contributed by atoms with van der Waals surface area (Å²) in [6.45, 7) is 3.98. The summed E-state index contributed by atoms with van der Waals surface area (Å²) in [5, 5.41) is 0. The summed E-state index contributed by atoms with van der Waals surface area (Å²) in [5.41, 5.74) is 2.98. The molecule has 0 fully saturated rings. The molecule has 6 heteroatoms. The van der Waals surface area contributed by atoms with Gasteiger partial charge >= 0.3 is 5.69 Å². The second-order valence-electron chi connectivity index (χ2n) is 5.53. The molecule has 0 bridgehead atoms. The van der Waals surface area contributed by atoms with Crippen molar-refractivity contribution in [3.63, 3.8) is 0 Å². The number of aromatic nitrogens is 2. The maximum absolute atomic E-state index is 12.4. The van der Waals surface area contributed by atoms with Gasteiger partial charge < -0.3 is 0 Å². The highest BCUT2D eigenvalue weighted by atomic mass is 32.2. The number of rotatable bonds is 4. The van der Waals surface area contributed by atoms with E-state index in [1.54, 1.807) is 7.05 Å². The molecule has 0 amide bonds. The molecule has 1 aromatic carbocycles. The summed E-state index contributed by atoms with van der Waals surface area (Å²) < 4.78 is 14.8. The van der Waals surface area contributed by atoms with Crippen LogP contribution in [-0.4, -0.2) is 13.3 Å². The highest BCUT2D eigenvalue weighted by Crippen LogP contribution is 2.14. The van der Waals surface area contributed by atoms with Crippen LogP contribution in [0.25, 0.3) is 0 Å². The van der Waals surface area contributed by atoms with E-state index in [1.807, 2.05) is 32.0 Å². The molecule has 0 N–H and O–H groups in total. The second-order valence-corrected chi connectivity index (χ2v) is 6.99. The Labute approximate surface area is 131 Å². The van der Waals surface area contributed by atoms with E-state index in [-0.39, 0.29) is 11.3 Å². The topological polar surface area (TPSA) is 61.1 Å². The quantitative estimate of drug-likeness (QED) is 0.849. The molecule has 0 aliphatic carbocycles. The first kappa shape index (κ1) is 16.4. The van der Waals surface area contributed by atoms with E-state index in [9.17, 15) is 13.8 Å². The van der Waals surface area contributed by atoms with Crippen molar-refractivity contribution >= 4 is 10.8 Å². The van der Waals surface area contributed by atoms with Crippen LogP contribution in [-0.2, 0) is 36.4 Å². The highest BCUT2D eigenvalue weighted by Gasteiger charge is 2.11. The number of aryl methyl sites for hydroxylation is 2. The van der Waals surface area contributed by atoms with Crippen LogP contribution in [0.15, 0.2) is 33.9 Å². The van der Waals surface area contributed by atoms with E-state index in [1.165, 1.54) is 17.7 Å². The van der Waals surface area contributed by atoms with Crippen LogP contribution in [0.5, 0.6) is 0 Å². The van der Waals surface area contributed by atoms with Crippen LogP contribution >= 0.6 is 0 Å². The zero-order valence-corrected chi connectivity index (χ0v) is 14.1. The van der Waals surface area contributed by atoms with E-state index >= 15 is 0 Å². The molecule has 0 saturated heterocycles. The molecule has 0 aliphatic rings. The minimum absolute atomic E-state index is 0.190. The van der Waals surface area contributed by atoms with Gasteiger partial charge in [-0.1, -0.05) is 23.8 Å². The van der Waals surface area contributed by atoms with Crippen molar-refractivity contribution in [2.45, 2.75) is 25.4 Å². The lowest BCUT2D eigenvalue weighted by Crippen LogP contribution is -2.38. The number of hydrogen-bond acceptors (Lipinski definition) is 3. The lowest BCUT2D eigenvalue weighted by atomic mass is 10.1. The molecule has 118 valence electrons. The third-order valence-corrected chi connectivity index (χ3v) is 5.01. The van der Waals surface area contributed by atoms with Crippen molar-refractivity contribution < 1.29 is 4.21 Å². The molecule has 0 unspecified atom stereocenters. The maximum Gasteiger partial charge on any atom is 0.330 e. The zero-order chi connectivity index (χ0) is 16.4. The summed E-state index contributed by atoms with van der Waals surface area (Å²) in [4.78, 5) is 23.6. The molecule has 1 heterocycles. The van der Waals surface area contributed by atoms with Crippen molar-refractivity contribution in [2.75, 3.05) is 0 Å². The standard InChI is InChI=1S/C16H20N2O3S/c1-11-5-6-12(2)13(7-11)9-22(21)10-14-8-15(19)18(4)16(20)17(14)3/h5-8H,9-10H2,1-4H3/t22-/m0/s1. The number of nitrogens with zero attached hydrogens (tertiary/aromatic N) is 2. The van der Waals surface area contributed by atoms with E-state index in [0.29, 0.717) is 11.4 Å². The first-order valence-electron chi connectivity index (χ1n) is 6.96. The van der Waals surface area contributed by atoms with Gasteiger partial charge in [-0.3, -0.25) is 18.1 Å². The number of hydrogen-bond donors (Lipinski definition) is 0. The van der Waals surface area contributed by atoms with E-state index in [2.05, 4.69) is 0 Å². The Bertz CT molecular complexity index is 849. The SMILES string of the molecule is Cc1ccc(C)c(C[S@](=O)Cc2cc(=O)n(C)c(=O)n2C)c1. The molecule has 2 rings (SSSR count). The molecule has 22 heavy (non-hydrogen) atoms. The van der Waals surface area contributed by atoms with Gasteiger partial charge in [0, 0.05) is 42.4 Å². The van der Waals surface area contributed by atoms with E-state index < -0.39 is 16.5 Å². The first-order valence-corrected chi connectivity index (χ1v) is 8.45. The highest BCUT2D eigenvalue weighted by molar-refractivity contribution is 7.83. The average Bonchev–Trinajstić information content (AvgIpc) is 2.46. The molecular formula is C16H20N2O3S. The first-order chi connectivity index (χ1) is 10.3. The third-order valence-electron chi connectivity index (χ3n) is 3.76. The molecule has 0 aliphatic heterocycles. The van der Waals surface area contributed by atoms with Crippen molar-refractivity contribution in [1.29, 1.82) is 0 Å². The van der Waals surface area contributed by atoms with E-state index in [4.69, 9.17) is 0 Å². The smallest absolute Gasteiger partial charge is 0.300 e. The van der Waals surface area contributed by atoms with Gasteiger partial charge in [0.25, 0.3) is 5.56 Å². The van der Waals surface area contributed by atoms with Gasteiger partial charge in [0.15, 0.2) is 0 Å². The average molecular weight is 320 g/mol. The Kier molecular flexibility index (Phi) is 4.81. The Hall–Kier alpha value is -1.95. The lowest BCUT2D eigenvalue weighted by molar-refractivity contribution is 0.655. The summed E-state index contributed by atoms with van der Waals surface area (Å²) in [6, 6.07) is 7.43. The van der Waals surface area contributed by atoms with Crippen LogP contribution in [0.2, 0.25) is 0 Å². The number of benzene rings is 1. The molecule has 1 aromatic heterocycles. The predicted octanol–water partition coefficient (Wildman–Crippen LogP) is 1.15. The monoisotopic (exact) mass is 320 g/mol. The van der Waals surface area contributed by atoms with Gasteiger partial charge in [0.2, 0.25) is 0 Å². The molecule has 0 spiro atoms. The lowest BCUT2D eigenvalue weighted by Gasteiger charge is -2.10. The van der Waals surface area contributed by atoms with Crippen LogP contribution < -0.4 is 11.2 Å². The molecular weight excluding hydrogens is 300 g/mol. The van der Waals surface area contributed by atoms with Crippen molar-refractivity contribution in [2.24, 2.45) is 14.1 Å². The summed E-state index contributed by atoms with van der Waals surface area (Å²) in [6.07, 6.45) is 0. The fourth-order valence-corrected chi connectivity index (χ4v) is 3.63. The molecule has 0 saturated carbocycles. The van der Waals surface area contributed by atoms with E-state index in [0.717, 1.165) is 21.3 Å². The predicted molar refractivity (Wildman–Crippen MR) is 88.4 cm³/mol.